The van der Waals surface area contributed by atoms with Crippen LogP contribution >= 0.6 is 0 Å². The van der Waals surface area contributed by atoms with Crippen molar-refractivity contribution in [1.29, 1.82) is 0 Å². The van der Waals surface area contributed by atoms with Crippen molar-refractivity contribution in [2.24, 2.45) is 5.92 Å². The van der Waals surface area contributed by atoms with Crippen LogP contribution in [0.15, 0.2) is 17.0 Å². The van der Waals surface area contributed by atoms with Crippen LogP contribution in [0.1, 0.15) is 37.8 Å². The molecule has 0 bridgehead atoms. The Morgan fingerprint density at radius 2 is 1.63 bits per heavy atom. The Bertz CT molecular complexity index is 513. The van der Waals surface area contributed by atoms with Gasteiger partial charge in [0.25, 0.3) is 0 Å². The van der Waals surface area contributed by atoms with E-state index in [4.69, 9.17) is 0 Å². The van der Waals surface area contributed by atoms with Crippen molar-refractivity contribution in [3.63, 3.8) is 0 Å². The van der Waals surface area contributed by atoms with E-state index in [9.17, 15) is 12.8 Å². The number of rotatable bonds is 6. The molecule has 1 rings (SSSR count). The minimum Gasteiger partial charge on any atom is -0.211 e. The number of sulfonamides is 1. The fourth-order valence-corrected chi connectivity index (χ4v) is 3.76. The first-order chi connectivity index (χ1) is 8.81. The van der Waals surface area contributed by atoms with Crippen LogP contribution in [0.5, 0.6) is 0 Å². The Hall–Kier alpha value is -0.940. The standard InChI is InChI=1S/C14H22FNO2S/c1-5-12(6-2)9-16-19(17,18)14-10(3)7-13(15)8-11(14)4/h7-8,12,16H,5-6,9H2,1-4H3. The summed E-state index contributed by atoms with van der Waals surface area (Å²) in [7, 11) is -3.57. The molecular formula is C14H22FNO2S. The highest BCUT2D eigenvalue weighted by Gasteiger charge is 2.21. The lowest BCUT2D eigenvalue weighted by Crippen LogP contribution is -2.30. The largest absolute Gasteiger partial charge is 0.241 e. The maximum Gasteiger partial charge on any atom is 0.241 e. The normalized spacial score (nSPS) is 12.1. The van der Waals surface area contributed by atoms with Gasteiger partial charge in [0.1, 0.15) is 5.82 Å². The maximum absolute atomic E-state index is 13.2. The molecular weight excluding hydrogens is 265 g/mol. The molecule has 0 aliphatic heterocycles. The van der Waals surface area contributed by atoms with Gasteiger partial charge >= 0.3 is 0 Å². The number of aryl methyl sites for hydroxylation is 2. The van der Waals surface area contributed by atoms with Crippen LogP contribution in [-0.2, 0) is 10.0 Å². The summed E-state index contributed by atoms with van der Waals surface area (Å²) in [5.74, 6) is -0.0789. The van der Waals surface area contributed by atoms with E-state index in [-0.39, 0.29) is 4.90 Å². The quantitative estimate of drug-likeness (QED) is 0.873. The topological polar surface area (TPSA) is 46.2 Å². The van der Waals surface area contributed by atoms with E-state index in [2.05, 4.69) is 4.72 Å². The third-order valence-electron chi connectivity index (χ3n) is 3.41. The van der Waals surface area contributed by atoms with Gasteiger partial charge in [-0.1, -0.05) is 26.7 Å². The molecule has 1 aromatic rings. The highest BCUT2D eigenvalue weighted by Crippen LogP contribution is 2.21. The molecule has 0 aliphatic rings. The average Bonchev–Trinajstić information content (AvgIpc) is 2.28. The SMILES string of the molecule is CCC(CC)CNS(=O)(=O)c1c(C)cc(F)cc1C. The van der Waals surface area contributed by atoms with Gasteiger partial charge in [0.05, 0.1) is 4.90 Å². The summed E-state index contributed by atoms with van der Waals surface area (Å²) in [6, 6.07) is 2.50. The molecule has 0 saturated carbocycles. The highest BCUT2D eigenvalue weighted by molar-refractivity contribution is 7.89. The van der Waals surface area contributed by atoms with E-state index in [0.29, 0.717) is 23.6 Å². The predicted molar refractivity (Wildman–Crippen MR) is 75.1 cm³/mol. The van der Waals surface area contributed by atoms with Crippen LogP contribution in [0.3, 0.4) is 0 Å². The minimum absolute atomic E-state index is 0.194. The second-order valence-corrected chi connectivity index (χ2v) is 6.61. The minimum atomic E-state index is -3.57. The van der Waals surface area contributed by atoms with E-state index >= 15 is 0 Å². The van der Waals surface area contributed by atoms with Crippen LogP contribution < -0.4 is 4.72 Å². The van der Waals surface area contributed by atoms with Crippen LogP contribution in [0.4, 0.5) is 4.39 Å². The summed E-state index contributed by atoms with van der Waals surface area (Å²) < 4.78 is 40.4. The summed E-state index contributed by atoms with van der Waals surface area (Å²) in [6.45, 7) is 7.73. The molecule has 1 N–H and O–H groups in total. The van der Waals surface area contributed by atoms with Gasteiger partial charge in [0.15, 0.2) is 0 Å². The number of nitrogens with one attached hydrogen (secondary N) is 1. The summed E-state index contributed by atoms with van der Waals surface area (Å²) >= 11 is 0. The van der Waals surface area contributed by atoms with Crippen molar-refractivity contribution < 1.29 is 12.8 Å². The smallest absolute Gasteiger partial charge is 0.211 e. The molecule has 0 aliphatic carbocycles. The van der Waals surface area contributed by atoms with E-state index in [1.807, 2.05) is 13.8 Å². The Kier molecular flexibility index (Phi) is 5.50. The molecule has 0 atom stereocenters. The van der Waals surface area contributed by atoms with E-state index < -0.39 is 15.8 Å². The number of halogens is 1. The fourth-order valence-electron chi connectivity index (χ4n) is 2.20. The van der Waals surface area contributed by atoms with Crippen LogP contribution in [0.25, 0.3) is 0 Å². The molecule has 0 spiro atoms. The van der Waals surface area contributed by atoms with Crippen molar-refractivity contribution in [1.82, 2.24) is 4.72 Å². The van der Waals surface area contributed by atoms with Gasteiger partial charge in [-0.3, -0.25) is 0 Å². The highest BCUT2D eigenvalue weighted by atomic mass is 32.2. The lowest BCUT2D eigenvalue weighted by molar-refractivity contribution is 0.478. The van der Waals surface area contributed by atoms with Gasteiger partial charge < -0.3 is 0 Å². The second-order valence-electron chi connectivity index (χ2n) is 4.90. The molecule has 0 aromatic heterocycles. The van der Waals surface area contributed by atoms with Gasteiger partial charge in [0.2, 0.25) is 10.0 Å². The lowest BCUT2D eigenvalue weighted by Gasteiger charge is -2.16. The molecule has 5 heteroatoms. The zero-order chi connectivity index (χ0) is 14.6. The van der Waals surface area contributed by atoms with Crippen LogP contribution in [-0.4, -0.2) is 15.0 Å². The van der Waals surface area contributed by atoms with Crippen LogP contribution in [0.2, 0.25) is 0 Å². The first-order valence-electron chi connectivity index (χ1n) is 6.58. The molecule has 0 radical (unpaired) electrons. The van der Waals surface area contributed by atoms with Gasteiger partial charge in [-0.25, -0.2) is 17.5 Å². The molecule has 0 fully saturated rings. The third kappa shape index (κ3) is 4.01. The third-order valence-corrected chi connectivity index (χ3v) is 5.14. The Morgan fingerprint density at radius 1 is 1.16 bits per heavy atom. The second kappa shape index (κ2) is 6.48. The summed E-state index contributed by atoms with van der Waals surface area (Å²) in [5, 5.41) is 0. The average molecular weight is 287 g/mol. The summed E-state index contributed by atoms with van der Waals surface area (Å²) in [5.41, 5.74) is 0.879. The number of hydrogen-bond donors (Lipinski definition) is 1. The zero-order valence-electron chi connectivity index (χ0n) is 12.0. The maximum atomic E-state index is 13.2. The van der Waals surface area contributed by atoms with E-state index in [1.165, 1.54) is 12.1 Å². The Labute approximate surface area is 115 Å². The molecule has 0 heterocycles. The summed E-state index contributed by atoms with van der Waals surface area (Å²) in [6.07, 6.45) is 1.86. The molecule has 19 heavy (non-hydrogen) atoms. The fraction of sp³-hybridized carbons (Fsp3) is 0.571. The van der Waals surface area contributed by atoms with E-state index in [1.54, 1.807) is 13.8 Å². The van der Waals surface area contributed by atoms with Gasteiger partial charge in [-0.15, -0.1) is 0 Å². The lowest BCUT2D eigenvalue weighted by atomic mass is 10.0. The Balaban J connectivity index is 3.01. The van der Waals surface area contributed by atoms with Crippen LogP contribution in [0, 0.1) is 25.6 Å². The van der Waals surface area contributed by atoms with Gasteiger partial charge in [-0.2, -0.15) is 0 Å². The summed E-state index contributed by atoms with van der Waals surface area (Å²) in [4.78, 5) is 0.194. The van der Waals surface area contributed by atoms with E-state index in [0.717, 1.165) is 12.8 Å². The molecule has 108 valence electrons. The number of hydrogen-bond acceptors (Lipinski definition) is 2. The van der Waals surface area contributed by atoms with Crippen molar-refractivity contribution in [2.45, 2.75) is 45.4 Å². The predicted octanol–water partition coefficient (Wildman–Crippen LogP) is 3.16. The molecule has 0 saturated heterocycles. The Morgan fingerprint density at radius 3 is 2.05 bits per heavy atom. The zero-order valence-corrected chi connectivity index (χ0v) is 12.8. The van der Waals surface area contributed by atoms with Gasteiger partial charge in [0, 0.05) is 6.54 Å². The van der Waals surface area contributed by atoms with Crippen molar-refractivity contribution in [2.75, 3.05) is 6.54 Å². The first kappa shape index (κ1) is 16.1. The first-order valence-corrected chi connectivity index (χ1v) is 8.06. The van der Waals surface area contributed by atoms with Gasteiger partial charge in [-0.05, 0) is 43.0 Å². The number of benzene rings is 1. The molecule has 0 amide bonds. The molecule has 0 unspecified atom stereocenters. The van der Waals surface area contributed by atoms with Crippen molar-refractivity contribution in [3.8, 4) is 0 Å². The molecule has 3 nitrogen and oxygen atoms in total. The van der Waals surface area contributed by atoms with Crippen molar-refractivity contribution in [3.05, 3.63) is 29.1 Å². The molecule has 1 aromatic carbocycles. The van der Waals surface area contributed by atoms with Crippen molar-refractivity contribution >= 4 is 10.0 Å². The monoisotopic (exact) mass is 287 g/mol.